The number of halogens is 2. The maximum atomic E-state index is 5.75. The molecule has 0 aliphatic rings. The zero-order valence-electron chi connectivity index (χ0n) is 8.28. The van der Waals surface area contributed by atoms with Gasteiger partial charge in [-0.05, 0) is 59.0 Å². The Labute approximate surface area is 116 Å². The van der Waals surface area contributed by atoms with Crippen molar-refractivity contribution in [1.29, 1.82) is 0 Å². The van der Waals surface area contributed by atoms with Crippen molar-refractivity contribution in [2.24, 2.45) is 0 Å². The van der Waals surface area contributed by atoms with Gasteiger partial charge in [0.05, 0.1) is 3.57 Å². The minimum absolute atomic E-state index is 0.742. The van der Waals surface area contributed by atoms with Crippen LogP contribution in [0.1, 0.15) is 0 Å². The highest BCUT2D eigenvalue weighted by Gasteiger charge is 2.03. The predicted octanol–water partition coefficient (Wildman–Crippen LogP) is 4.43. The van der Waals surface area contributed by atoms with Crippen molar-refractivity contribution in [3.8, 4) is 11.5 Å². The maximum absolute atomic E-state index is 5.75. The summed E-state index contributed by atoms with van der Waals surface area (Å²) in [6.45, 7) is 0. The van der Waals surface area contributed by atoms with Crippen LogP contribution in [0.2, 0.25) is 0 Å². The van der Waals surface area contributed by atoms with Crippen molar-refractivity contribution in [3.05, 3.63) is 50.5 Å². The van der Waals surface area contributed by atoms with E-state index in [4.69, 9.17) is 10.5 Å². The van der Waals surface area contributed by atoms with Gasteiger partial charge in [0.15, 0.2) is 0 Å². The van der Waals surface area contributed by atoms with Gasteiger partial charge in [0.1, 0.15) is 11.5 Å². The molecule has 82 valence electrons. The zero-order valence-corrected chi connectivity index (χ0v) is 12.0. The van der Waals surface area contributed by atoms with Crippen LogP contribution in [-0.2, 0) is 0 Å². The molecule has 0 heterocycles. The Bertz CT molecular complexity index is 516. The summed E-state index contributed by atoms with van der Waals surface area (Å²) < 4.78 is 7.75. The number of benzene rings is 2. The predicted molar refractivity (Wildman–Crippen MR) is 77.8 cm³/mol. The SMILES string of the molecule is Nc1ccc(Oc2cccc(Br)c2)c(I)c1. The Hall–Kier alpha value is -0.750. The Morgan fingerprint density at radius 1 is 1.12 bits per heavy atom. The van der Waals surface area contributed by atoms with Crippen LogP contribution in [-0.4, -0.2) is 0 Å². The summed E-state index contributed by atoms with van der Waals surface area (Å²) in [7, 11) is 0. The normalized spacial score (nSPS) is 10.1. The van der Waals surface area contributed by atoms with Crippen LogP contribution >= 0.6 is 38.5 Å². The monoisotopic (exact) mass is 389 g/mol. The average molecular weight is 390 g/mol. The summed E-state index contributed by atoms with van der Waals surface area (Å²) >= 11 is 5.61. The van der Waals surface area contributed by atoms with E-state index in [1.807, 2.05) is 42.5 Å². The van der Waals surface area contributed by atoms with Crippen LogP contribution in [0.5, 0.6) is 11.5 Å². The fourth-order valence-corrected chi connectivity index (χ4v) is 2.29. The van der Waals surface area contributed by atoms with Gasteiger partial charge >= 0.3 is 0 Å². The highest BCUT2D eigenvalue weighted by atomic mass is 127. The highest BCUT2D eigenvalue weighted by molar-refractivity contribution is 14.1. The Morgan fingerprint density at radius 3 is 2.62 bits per heavy atom. The van der Waals surface area contributed by atoms with Gasteiger partial charge in [0, 0.05) is 10.2 Å². The van der Waals surface area contributed by atoms with Crippen LogP contribution in [0.15, 0.2) is 46.9 Å². The second kappa shape index (κ2) is 5.05. The summed E-state index contributed by atoms with van der Waals surface area (Å²) in [6, 6.07) is 13.3. The van der Waals surface area contributed by atoms with E-state index in [0.717, 1.165) is 25.2 Å². The molecule has 0 aromatic heterocycles. The van der Waals surface area contributed by atoms with Gasteiger partial charge < -0.3 is 10.5 Å². The fourth-order valence-electron chi connectivity index (χ4n) is 1.26. The lowest BCUT2D eigenvalue weighted by atomic mass is 10.3. The van der Waals surface area contributed by atoms with Crippen LogP contribution in [0.4, 0.5) is 5.69 Å². The molecule has 0 saturated carbocycles. The van der Waals surface area contributed by atoms with E-state index in [0.29, 0.717) is 0 Å². The zero-order chi connectivity index (χ0) is 11.5. The van der Waals surface area contributed by atoms with Crippen molar-refractivity contribution in [2.45, 2.75) is 0 Å². The molecule has 2 rings (SSSR count). The third-order valence-electron chi connectivity index (χ3n) is 1.98. The number of anilines is 1. The van der Waals surface area contributed by atoms with Crippen molar-refractivity contribution in [3.63, 3.8) is 0 Å². The molecular weight excluding hydrogens is 381 g/mol. The molecule has 2 aromatic rings. The van der Waals surface area contributed by atoms with Crippen molar-refractivity contribution < 1.29 is 4.74 Å². The first kappa shape index (κ1) is 11.7. The summed E-state index contributed by atoms with van der Waals surface area (Å²) in [5, 5.41) is 0. The lowest BCUT2D eigenvalue weighted by molar-refractivity contribution is 0.479. The first-order chi connectivity index (χ1) is 7.65. The summed E-state index contributed by atoms with van der Waals surface area (Å²) in [6.07, 6.45) is 0. The standard InChI is InChI=1S/C12H9BrINO/c13-8-2-1-3-10(6-8)16-12-5-4-9(15)7-11(12)14/h1-7H,15H2. The van der Waals surface area contributed by atoms with Gasteiger partial charge in [-0.15, -0.1) is 0 Å². The minimum Gasteiger partial charge on any atom is -0.456 e. The van der Waals surface area contributed by atoms with E-state index in [9.17, 15) is 0 Å². The van der Waals surface area contributed by atoms with Gasteiger partial charge in [-0.2, -0.15) is 0 Å². The Morgan fingerprint density at radius 2 is 1.94 bits per heavy atom. The van der Waals surface area contributed by atoms with Gasteiger partial charge in [-0.25, -0.2) is 0 Å². The van der Waals surface area contributed by atoms with E-state index in [1.165, 1.54) is 0 Å². The highest BCUT2D eigenvalue weighted by Crippen LogP contribution is 2.29. The van der Waals surface area contributed by atoms with E-state index in [-0.39, 0.29) is 0 Å². The molecule has 0 aliphatic carbocycles. The molecule has 2 nitrogen and oxygen atoms in total. The third-order valence-corrected chi connectivity index (χ3v) is 3.32. The lowest BCUT2D eigenvalue weighted by Gasteiger charge is -2.08. The largest absolute Gasteiger partial charge is 0.456 e. The molecule has 0 aliphatic heterocycles. The van der Waals surface area contributed by atoms with Crippen molar-refractivity contribution in [2.75, 3.05) is 5.73 Å². The summed E-state index contributed by atoms with van der Waals surface area (Å²) in [5.74, 6) is 1.62. The molecular formula is C12H9BrINO. The number of rotatable bonds is 2. The number of nitrogen functional groups attached to an aromatic ring is 1. The molecule has 0 amide bonds. The van der Waals surface area contributed by atoms with E-state index in [2.05, 4.69) is 38.5 Å². The molecule has 0 radical (unpaired) electrons. The van der Waals surface area contributed by atoms with E-state index in [1.54, 1.807) is 0 Å². The second-order valence-corrected chi connectivity index (χ2v) is 5.33. The summed E-state index contributed by atoms with van der Waals surface area (Å²) in [4.78, 5) is 0. The van der Waals surface area contributed by atoms with Crippen molar-refractivity contribution >= 4 is 44.2 Å². The molecule has 0 saturated heterocycles. The first-order valence-corrected chi connectivity index (χ1v) is 6.51. The molecule has 0 fully saturated rings. The van der Waals surface area contributed by atoms with E-state index >= 15 is 0 Å². The molecule has 16 heavy (non-hydrogen) atoms. The second-order valence-electron chi connectivity index (χ2n) is 3.25. The molecule has 2 aromatic carbocycles. The van der Waals surface area contributed by atoms with Crippen molar-refractivity contribution in [1.82, 2.24) is 0 Å². The average Bonchev–Trinajstić information content (AvgIpc) is 2.22. The Kier molecular flexibility index (Phi) is 3.70. The number of hydrogen-bond donors (Lipinski definition) is 1. The van der Waals surface area contributed by atoms with Crippen LogP contribution in [0, 0.1) is 3.57 Å². The molecule has 2 N–H and O–H groups in total. The number of nitrogens with two attached hydrogens (primary N) is 1. The Balaban J connectivity index is 2.27. The van der Waals surface area contributed by atoms with Gasteiger partial charge in [-0.1, -0.05) is 22.0 Å². The van der Waals surface area contributed by atoms with Crippen LogP contribution < -0.4 is 10.5 Å². The smallest absolute Gasteiger partial charge is 0.140 e. The molecule has 4 heteroatoms. The van der Waals surface area contributed by atoms with Gasteiger partial charge in [0.2, 0.25) is 0 Å². The quantitative estimate of drug-likeness (QED) is 0.609. The molecule has 0 spiro atoms. The first-order valence-electron chi connectivity index (χ1n) is 4.63. The number of hydrogen-bond acceptors (Lipinski definition) is 2. The van der Waals surface area contributed by atoms with Gasteiger partial charge in [-0.3, -0.25) is 0 Å². The third kappa shape index (κ3) is 2.89. The lowest BCUT2D eigenvalue weighted by Crippen LogP contribution is -1.90. The molecule has 0 bridgehead atoms. The molecule has 0 atom stereocenters. The number of ether oxygens (including phenoxy) is 1. The van der Waals surface area contributed by atoms with Crippen LogP contribution in [0.25, 0.3) is 0 Å². The molecule has 0 unspecified atom stereocenters. The summed E-state index contributed by atoms with van der Waals surface area (Å²) in [5.41, 5.74) is 6.42. The van der Waals surface area contributed by atoms with Gasteiger partial charge in [0.25, 0.3) is 0 Å². The van der Waals surface area contributed by atoms with Crippen LogP contribution in [0.3, 0.4) is 0 Å². The van der Waals surface area contributed by atoms with E-state index < -0.39 is 0 Å². The fraction of sp³-hybridized carbons (Fsp3) is 0. The topological polar surface area (TPSA) is 35.2 Å². The minimum atomic E-state index is 0.742. The maximum Gasteiger partial charge on any atom is 0.140 e.